The third-order valence-corrected chi connectivity index (χ3v) is 6.01. The fraction of sp³-hybridized carbons (Fsp3) is 0.269. The molecule has 0 spiro atoms. The molecular formula is C26H26FN3O4. The predicted molar refractivity (Wildman–Crippen MR) is 123 cm³/mol. The first-order chi connectivity index (χ1) is 16.5. The number of halogens is 1. The van der Waals surface area contributed by atoms with Gasteiger partial charge in [-0.3, -0.25) is 14.4 Å². The summed E-state index contributed by atoms with van der Waals surface area (Å²) in [5.74, 6) is -0.742. The van der Waals surface area contributed by atoms with Gasteiger partial charge in [-0.05, 0) is 67.3 Å². The summed E-state index contributed by atoms with van der Waals surface area (Å²) < 4.78 is 18.5. The molecule has 4 rings (SSSR count). The lowest BCUT2D eigenvalue weighted by Crippen LogP contribution is -2.53. The average Bonchev–Trinajstić information content (AvgIpc) is 3.40. The van der Waals surface area contributed by atoms with Crippen molar-refractivity contribution in [1.82, 2.24) is 15.5 Å². The smallest absolute Gasteiger partial charge is 0.253 e. The van der Waals surface area contributed by atoms with E-state index in [0.29, 0.717) is 42.8 Å². The molecule has 0 aliphatic carbocycles. The molecule has 0 radical (unpaired) electrons. The Labute approximate surface area is 196 Å². The molecule has 176 valence electrons. The number of benzene rings is 2. The molecule has 3 amide bonds. The molecule has 8 heteroatoms. The highest BCUT2D eigenvalue weighted by Crippen LogP contribution is 2.23. The largest absolute Gasteiger partial charge is 0.467 e. The molecule has 1 aliphatic heterocycles. The molecule has 1 aromatic heterocycles. The fourth-order valence-corrected chi connectivity index (χ4v) is 4.12. The molecule has 1 aliphatic rings. The molecule has 2 N–H and O–H groups in total. The maximum absolute atomic E-state index is 13.2. The van der Waals surface area contributed by atoms with E-state index in [1.165, 1.54) is 30.5 Å². The maximum Gasteiger partial charge on any atom is 0.253 e. The highest BCUT2D eigenvalue weighted by atomic mass is 19.1. The molecular weight excluding hydrogens is 437 g/mol. The average molecular weight is 464 g/mol. The van der Waals surface area contributed by atoms with Crippen LogP contribution in [0.3, 0.4) is 0 Å². The molecule has 1 atom stereocenters. The van der Waals surface area contributed by atoms with Gasteiger partial charge in [0, 0.05) is 24.2 Å². The van der Waals surface area contributed by atoms with Crippen LogP contribution in [-0.2, 0) is 11.3 Å². The van der Waals surface area contributed by atoms with Crippen LogP contribution >= 0.6 is 0 Å². The lowest BCUT2D eigenvalue weighted by atomic mass is 9.88. The van der Waals surface area contributed by atoms with E-state index in [4.69, 9.17) is 4.42 Å². The van der Waals surface area contributed by atoms with Gasteiger partial charge < -0.3 is 20.0 Å². The van der Waals surface area contributed by atoms with Gasteiger partial charge in [0.15, 0.2) is 0 Å². The van der Waals surface area contributed by atoms with Gasteiger partial charge in [0.2, 0.25) is 5.91 Å². The van der Waals surface area contributed by atoms with Crippen molar-refractivity contribution in [2.24, 2.45) is 5.92 Å². The minimum atomic E-state index is -0.759. The molecule has 0 unspecified atom stereocenters. The number of likely N-dealkylation sites (tertiary alicyclic amines) is 1. The highest BCUT2D eigenvalue weighted by molar-refractivity contribution is 5.97. The minimum Gasteiger partial charge on any atom is -0.467 e. The molecule has 3 aromatic rings. The lowest BCUT2D eigenvalue weighted by Gasteiger charge is -2.35. The van der Waals surface area contributed by atoms with E-state index in [-0.39, 0.29) is 30.2 Å². The van der Waals surface area contributed by atoms with Crippen LogP contribution in [0, 0.1) is 11.7 Å². The van der Waals surface area contributed by atoms with Crippen LogP contribution in [0.4, 0.5) is 4.39 Å². The van der Waals surface area contributed by atoms with E-state index in [9.17, 15) is 18.8 Å². The van der Waals surface area contributed by atoms with Crippen molar-refractivity contribution in [3.63, 3.8) is 0 Å². The van der Waals surface area contributed by atoms with E-state index < -0.39 is 11.9 Å². The van der Waals surface area contributed by atoms with Crippen LogP contribution in [-0.4, -0.2) is 41.8 Å². The van der Waals surface area contributed by atoms with Gasteiger partial charge in [0.1, 0.15) is 17.6 Å². The highest BCUT2D eigenvalue weighted by Gasteiger charge is 2.34. The second kappa shape index (κ2) is 10.8. The van der Waals surface area contributed by atoms with E-state index in [0.717, 1.165) is 0 Å². The summed E-state index contributed by atoms with van der Waals surface area (Å²) in [6, 6.07) is 16.9. The van der Waals surface area contributed by atoms with Gasteiger partial charge in [-0.1, -0.05) is 18.2 Å². The Hall–Kier alpha value is -3.94. The van der Waals surface area contributed by atoms with Gasteiger partial charge >= 0.3 is 0 Å². The topological polar surface area (TPSA) is 91.7 Å². The minimum absolute atomic E-state index is 0.151. The number of hydrogen-bond donors (Lipinski definition) is 2. The third-order valence-electron chi connectivity index (χ3n) is 6.01. The summed E-state index contributed by atoms with van der Waals surface area (Å²) in [5.41, 5.74) is 0.889. The first kappa shape index (κ1) is 23.2. The maximum atomic E-state index is 13.2. The molecule has 34 heavy (non-hydrogen) atoms. The molecule has 1 saturated heterocycles. The molecule has 2 heterocycles. The number of nitrogens with zero attached hydrogens (tertiary/aromatic N) is 1. The van der Waals surface area contributed by atoms with Gasteiger partial charge in [-0.15, -0.1) is 0 Å². The number of hydrogen-bond acceptors (Lipinski definition) is 4. The lowest BCUT2D eigenvalue weighted by molar-refractivity contribution is -0.124. The summed E-state index contributed by atoms with van der Waals surface area (Å²) >= 11 is 0. The Morgan fingerprint density at radius 3 is 2.29 bits per heavy atom. The van der Waals surface area contributed by atoms with Crippen LogP contribution in [0.15, 0.2) is 77.4 Å². The Bertz CT molecular complexity index is 1110. The number of piperidine rings is 1. The molecule has 0 bridgehead atoms. The van der Waals surface area contributed by atoms with Crippen LogP contribution in [0.25, 0.3) is 0 Å². The van der Waals surface area contributed by atoms with Gasteiger partial charge in [0.25, 0.3) is 11.8 Å². The van der Waals surface area contributed by atoms with E-state index in [1.807, 2.05) is 6.07 Å². The summed E-state index contributed by atoms with van der Waals surface area (Å²) in [5, 5.41) is 5.73. The zero-order chi connectivity index (χ0) is 23.9. The Morgan fingerprint density at radius 1 is 0.941 bits per heavy atom. The number of carbonyl (C=O) groups excluding carboxylic acids is 3. The number of rotatable bonds is 7. The van der Waals surface area contributed by atoms with Crippen molar-refractivity contribution in [2.75, 3.05) is 13.1 Å². The predicted octanol–water partition coefficient (Wildman–Crippen LogP) is 3.39. The normalized spacial score (nSPS) is 14.9. The van der Waals surface area contributed by atoms with Crippen molar-refractivity contribution in [3.8, 4) is 0 Å². The zero-order valence-electron chi connectivity index (χ0n) is 18.6. The van der Waals surface area contributed by atoms with Crippen molar-refractivity contribution in [2.45, 2.75) is 25.4 Å². The van der Waals surface area contributed by atoms with Crippen LogP contribution in [0.5, 0.6) is 0 Å². The number of nitrogens with one attached hydrogen (secondary N) is 2. The Morgan fingerprint density at radius 2 is 1.65 bits per heavy atom. The molecule has 0 saturated carbocycles. The van der Waals surface area contributed by atoms with Gasteiger partial charge in [0.05, 0.1) is 12.8 Å². The van der Waals surface area contributed by atoms with Crippen LogP contribution < -0.4 is 10.6 Å². The first-order valence-corrected chi connectivity index (χ1v) is 11.2. The fourth-order valence-electron chi connectivity index (χ4n) is 4.12. The summed E-state index contributed by atoms with van der Waals surface area (Å²) in [6.07, 6.45) is 2.62. The molecule has 7 nitrogen and oxygen atoms in total. The van der Waals surface area contributed by atoms with Crippen molar-refractivity contribution >= 4 is 17.7 Å². The molecule has 2 aromatic carbocycles. The monoisotopic (exact) mass is 463 g/mol. The van der Waals surface area contributed by atoms with Crippen molar-refractivity contribution in [3.05, 3.63) is 95.7 Å². The second-order valence-electron chi connectivity index (χ2n) is 8.25. The van der Waals surface area contributed by atoms with Gasteiger partial charge in [-0.2, -0.15) is 0 Å². The molecule has 1 fully saturated rings. The van der Waals surface area contributed by atoms with Crippen LogP contribution in [0.1, 0.15) is 39.3 Å². The third kappa shape index (κ3) is 5.70. The Balaban J connectivity index is 1.42. The summed E-state index contributed by atoms with van der Waals surface area (Å²) in [4.78, 5) is 40.4. The zero-order valence-corrected chi connectivity index (χ0v) is 18.6. The van der Waals surface area contributed by atoms with Crippen molar-refractivity contribution in [1.29, 1.82) is 0 Å². The van der Waals surface area contributed by atoms with E-state index in [1.54, 1.807) is 41.3 Å². The Kier molecular flexibility index (Phi) is 7.37. The van der Waals surface area contributed by atoms with Gasteiger partial charge in [-0.25, -0.2) is 4.39 Å². The van der Waals surface area contributed by atoms with E-state index >= 15 is 0 Å². The quantitative estimate of drug-likeness (QED) is 0.562. The van der Waals surface area contributed by atoms with Crippen LogP contribution in [0.2, 0.25) is 0 Å². The number of furan rings is 1. The first-order valence-electron chi connectivity index (χ1n) is 11.2. The number of amides is 3. The van der Waals surface area contributed by atoms with Crippen molar-refractivity contribution < 1.29 is 23.2 Å². The standard InChI is InChI=1S/C26H26FN3O4/c27-21-10-8-20(9-11-21)26(33)30-14-12-18(13-15-30)23(25(32)28-17-22-7-4-16-34-22)29-24(31)19-5-2-1-3-6-19/h1-11,16,18,23H,12-15,17H2,(H,28,32)(H,29,31)/t23-/m1/s1. The second-order valence-corrected chi connectivity index (χ2v) is 8.25. The summed E-state index contributed by atoms with van der Waals surface area (Å²) in [7, 11) is 0. The van der Waals surface area contributed by atoms with E-state index in [2.05, 4.69) is 10.6 Å². The number of carbonyl (C=O) groups is 3. The summed E-state index contributed by atoms with van der Waals surface area (Å²) in [6.45, 7) is 1.08. The SMILES string of the molecule is O=C(N[C@@H](C(=O)NCc1ccco1)C1CCN(C(=O)c2ccc(F)cc2)CC1)c1ccccc1.